The molecule has 0 aliphatic carbocycles. The lowest BCUT2D eigenvalue weighted by Crippen LogP contribution is -2.26. The van der Waals surface area contributed by atoms with Crippen molar-refractivity contribution in [3.8, 4) is 21.8 Å². The summed E-state index contributed by atoms with van der Waals surface area (Å²) in [6.07, 6.45) is 3.52. The van der Waals surface area contributed by atoms with Crippen LogP contribution in [0.2, 0.25) is 0 Å². The molecular formula is C16H15N7S. The van der Waals surface area contributed by atoms with Gasteiger partial charge in [0, 0.05) is 28.9 Å². The fourth-order valence-corrected chi connectivity index (χ4v) is 2.88. The molecular weight excluding hydrogens is 322 g/mol. The number of nitrogens with zero attached hydrogens (tertiary/aromatic N) is 4. The Morgan fingerprint density at radius 3 is 2.62 bits per heavy atom. The molecule has 120 valence electrons. The Hall–Kier alpha value is -3.26. The molecule has 0 radical (unpaired) electrons. The summed E-state index contributed by atoms with van der Waals surface area (Å²) >= 11 is 1.55. The van der Waals surface area contributed by atoms with Crippen molar-refractivity contribution < 1.29 is 0 Å². The molecule has 3 aromatic rings. The van der Waals surface area contributed by atoms with E-state index >= 15 is 0 Å². The Kier molecular flexibility index (Phi) is 4.48. The molecule has 1 aromatic carbocycles. The molecule has 8 heteroatoms. The minimum Gasteiger partial charge on any atom is -0.370 e. The van der Waals surface area contributed by atoms with Crippen molar-refractivity contribution in [1.82, 2.24) is 9.97 Å². The summed E-state index contributed by atoms with van der Waals surface area (Å²) < 4.78 is 0. The Labute approximate surface area is 142 Å². The maximum atomic E-state index is 5.66. The first-order valence-corrected chi connectivity index (χ1v) is 7.90. The van der Waals surface area contributed by atoms with Crippen molar-refractivity contribution in [3.05, 3.63) is 54.2 Å². The molecule has 2 aromatic heterocycles. The molecule has 0 unspecified atom stereocenters. The van der Waals surface area contributed by atoms with E-state index in [1.54, 1.807) is 23.7 Å². The molecule has 0 amide bonds. The second kappa shape index (κ2) is 6.88. The lowest BCUT2D eigenvalue weighted by Gasteiger charge is -2.00. The van der Waals surface area contributed by atoms with E-state index in [1.165, 1.54) is 0 Å². The fourth-order valence-electron chi connectivity index (χ4n) is 2.05. The van der Waals surface area contributed by atoms with Crippen molar-refractivity contribution >= 4 is 28.9 Å². The van der Waals surface area contributed by atoms with Crippen LogP contribution in [0.25, 0.3) is 21.8 Å². The van der Waals surface area contributed by atoms with Gasteiger partial charge >= 0.3 is 0 Å². The predicted octanol–water partition coefficient (Wildman–Crippen LogP) is 2.09. The van der Waals surface area contributed by atoms with E-state index in [9.17, 15) is 0 Å². The predicted molar refractivity (Wildman–Crippen MR) is 97.9 cm³/mol. The molecule has 3 rings (SSSR count). The first-order valence-electron chi connectivity index (χ1n) is 7.02. The molecule has 0 fully saturated rings. The maximum Gasteiger partial charge on any atom is 0.223 e. The fraction of sp³-hybridized carbons (Fsp3) is 0. The summed E-state index contributed by atoms with van der Waals surface area (Å²) in [5.41, 5.74) is 19.7. The van der Waals surface area contributed by atoms with Crippen molar-refractivity contribution in [2.45, 2.75) is 0 Å². The zero-order valence-electron chi connectivity index (χ0n) is 12.6. The molecule has 24 heavy (non-hydrogen) atoms. The van der Waals surface area contributed by atoms with Gasteiger partial charge in [0.05, 0.1) is 11.4 Å². The van der Waals surface area contributed by atoms with Crippen LogP contribution in [0.1, 0.15) is 0 Å². The standard InChI is InChI=1S/C16H15N7S/c17-15(18)23-16(19)21-12-5-1-3-10(7-12)14-22-13(9-24-14)11-4-2-6-20-8-11/h1-9H,(H6,17,18,19,21,23). The maximum absolute atomic E-state index is 5.66. The molecule has 2 heterocycles. The molecule has 0 spiro atoms. The third-order valence-electron chi connectivity index (χ3n) is 3.04. The van der Waals surface area contributed by atoms with Crippen LogP contribution >= 0.6 is 11.3 Å². The molecule has 0 saturated heterocycles. The average molecular weight is 337 g/mol. The quantitative estimate of drug-likeness (QED) is 0.498. The third-order valence-corrected chi connectivity index (χ3v) is 3.93. The first-order chi connectivity index (χ1) is 11.6. The summed E-state index contributed by atoms with van der Waals surface area (Å²) in [7, 11) is 0. The van der Waals surface area contributed by atoms with Crippen LogP contribution < -0.4 is 17.2 Å². The number of pyridine rings is 1. The topological polar surface area (TPSA) is 129 Å². The van der Waals surface area contributed by atoms with Crippen molar-refractivity contribution in [2.24, 2.45) is 27.2 Å². The van der Waals surface area contributed by atoms with Crippen LogP contribution in [0.15, 0.2) is 64.2 Å². The van der Waals surface area contributed by atoms with Crippen LogP contribution in [0.4, 0.5) is 5.69 Å². The normalized spacial score (nSPS) is 11.2. The number of aliphatic imine (C=N–C) groups is 2. The van der Waals surface area contributed by atoms with Crippen molar-refractivity contribution in [1.29, 1.82) is 0 Å². The highest BCUT2D eigenvalue weighted by molar-refractivity contribution is 7.13. The average Bonchev–Trinajstić information content (AvgIpc) is 3.05. The monoisotopic (exact) mass is 337 g/mol. The lowest BCUT2D eigenvalue weighted by atomic mass is 10.2. The summed E-state index contributed by atoms with van der Waals surface area (Å²) in [6.45, 7) is 0. The van der Waals surface area contributed by atoms with Crippen molar-refractivity contribution in [3.63, 3.8) is 0 Å². The highest BCUT2D eigenvalue weighted by Gasteiger charge is 2.07. The number of nitrogens with two attached hydrogens (primary N) is 3. The van der Waals surface area contributed by atoms with Gasteiger partial charge in [-0.05, 0) is 24.3 Å². The minimum absolute atomic E-state index is 0.00216. The van der Waals surface area contributed by atoms with Crippen LogP contribution in [-0.4, -0.2) is 21.9 Å². The summed E-state index contributed by atoms with van der Waals surface area (Å²) in [6, 6.07) is 11.4. The van der Waals surface area contributed by atoms with E-state index in [4.69, 9.17) is 17.2 Å². The van der Waals surface area contributed by atoms with E-state index < -0.39 is 0 Å². The van der Waals surface area contributed by atoms with Gasteiger partial charge < -0.3 is 17.2 Å². The SMILES string of the molecule is NC(N)=NC(N)=Nc1cccc(-c2nc(-c3cccnc3)cs2)c1. The van der Waals surface area contributed by atoms with E-state index in [0.29, 0.717) is 5.69 Å². The van der Waals surface area contributed by atoms with Gasteiger partial charge in [0.15, 0.2) is 5.96 Å². The number of aromatic nitrogens is 2. The summed E-state index contributed by atoms with van der Waals surface area (Å²) in [4.78, 5) is 16.6. The zero-order chi connectivity index (χ0) is 16.9. The lowest BCUT2D eigenvalue weighted by molar-refractivity contribution is 1.31. The van der Waals surface area contributed by atoms with Crippen molar-refractivity contribution in [2.75, 3.05) is 0 Å². The van der Waals surface area contributed by atoms with Gasteiger partial charge in [-0.1, -0.05) is 12.1 Å². The Bertz CT molecular complexity index is 896. The second-order valence-electron chi connectivity index (χ2n) is 4.84. The second-order valence-corrected chi connectivity index (χ2v) is 5.69. The van der Waals surface area contributed by atoms with Gasteiger partial charge in [0.2, 0.25) is 5.96 Å². The van der Waals surface area contributed by atoms with Gasteiger partial charge in [0.1, 0.15) is 5.01 Å². The van der Waals surface area contributed by atoms with Crippen LogP contribution in [0, 0.1) is 0 Å². The first kappa shape index (κ1) is 15.6. The number of benzene rings is 1. The van der Waals surface area contributed by atoms with Gasteiger partial charge in [-0.3, -0.25) is 4.98 Å². The Balaban J connectivity index is 1.90. The van der Waals surface area contributed by atoms with E-state index in [2.05, 4.69) is 20.0 Å². The van der Waals surface area contributed by atoms with E-state index in [0.717, 1.165) is 21.8 Å². The minimum atomic E-state index is -0.131. The summed E-state index contributed by atoms with van der Waals surface area (Å²) in [5.74, 6) is -0.129. The largest absolute Gasteiger partial charge is 0.370 e. The van der Waals surface area contributed by atoms with E-state index in [-0.39, 0.29) is 11.9 Å². The van der Waals surface area contributed by atoms with Gasteiger partial charge in [-0.25, -0.2) is 9.98 Å². The van der Waals surface area contributed by atoms with Crippen LogP contribution in [0.5, 0.6) is 0 Å². The van der Waals surface area contributed by atoms with Gasteiger partial charge in [-0.15, -0.1) is 11.3 Å². The Morgan fingerprint density at radius 1 is 1.04 bits per heavy atom. The smallest absolute Gasteiger partial charge is 0.223 e. The van der Waals surface area contributed by atoms with Crippen LogP contribution in [-0.2, 0) is 0 Å². The summed E-state index contributed by atoms with van der Waals surface area (Å²) in [5, 5.41) is 2.88. The number of hydrogen-bond acceptors (Lipinski definition) is 4. The number of guanidine groups is 2. The number of rotatable bonds is 3. The van der Waals surface area contributed by atoms with Gasteiger partial charge in [-0.2, -0.15) is 4.99 Å². The van der Waals surface area contributed by atoms with Crippen LogP contribution in [0.3, 0.4) is 0 Å². The molecule has 6 N–H and O–H groups in total. The third kappa shape index (κ3) is 3.73. The van der Waals surface area contributed by atoms with Gasteiger partial charge in [0.25, 0.3) is 0 Å². The molecule has 7 nitrogen and oxygen atoms in total. The molecule has 0 atom stereocenters. The Morgan fingerprint density at radius 2 is 1.88 bits per heavy atom. The number of thiazole rings is 1. The zero-order valence-corrected chi connectivity index (χ0v) is 13.4. The molecule has 0 aliphatic rings. The molecule has 0 bridgehead atoms. The van der Waals surface area contributed by atoms with E-state index in [1.807, 2.05) is 41.8 Å². The molecule has 0 saturated carbocycles. The highest BCUT2D eigenvalue weighted by atomic mass is 32.1. The highest BCUT2D eigenvalue weighted by Crippen LogP contribution is 2.30. The number of hydrogen-bond donors (Lipinski definition) is 3. The molecule has 0 aliphatic heterocycles.